The van der Waals surface area contributed by atoms with Crippen LogP contribution in [0.1, 0.15) is 33.0 Å². The Morgan fingerprint density at radius 3 is 2.57 bits per heavy atom. The van der Waals surface area contributed by atoms with Crippen molar-refractivity contribution in [2.75, 3.05) is 0 Å². The van der Waals surface area contributed by atoms with Gasteiger partial charge in [-0.2, -0.15) is 0 Å². The van der Waals surface area contributed by atoms with Gasteiger partial charge in [-0.1, -0.05) is 26.0 Å². The van der Waals surface area contributed by atoms with Gasteiger partial charge in [0.2, 0.25) is 5.78 Å². The first-order valence-corrected chi connectivity index (χ1v) is 9.19. The molecule has 2 aromatic heterocycles. The molecule has 1 aromatic carbocycles. The molecule has 3 heterocycles. The fourth-order valence-electron chi connectivity index (χ4n) is 3.98. The molecule has 28 heavy (non-hydrogen) atoms. The van der Waals surface area contributed by atoms with Crippen LogP contribution in [0.5, 0.6) is 0 Å². The number of amides is 3. The molecule has 146 valence electrons. The highest BCUT2D eigenvalue weighted by Crippen LogP contribution is 2.26. The number of aromatic nitrogens is 4. The molecule has 9 nitrogen and oxygen atoms in total. The third-order valence-electron chi connectivity index (χ3n) is 5.15. The zero-order chi connectivity index (χ0) is 20.2. The Morgan fingerprint density at radius 1 is 1.14 bits per heavy atom. The smallest absolute Gasteiger partial charge is 0.323 e. The summed E-state index contributed by atoms with van der Waals surface area (Å²) in [7, 11) is 1.62. The van der Waals surface area contributed by atoms with E-state index in [9.17, 15) is 14.4 Å². The van der Waals surface area contributed by atoms with Gasteiger partial charge in [-0.15, -0.1) is 10.2 Å². The number of para-hydroxylation sites is 1. The molecule has 0 saturated carbocycles. The number of carbonyl (C=O) groups excluding carboxylic acids is 2. The Kier molecular flexibility index (Phi) is 3.99. The summed E-state index contributed by atoms with van der Waals surface area (Å²) < 4.78 is 3.13. The molecule has 3 amide bonds. The molecular formula is C19H22N6O3. The van der Waals surface area contributed by atoms with Crippen molar-refractivity contribution in [1.29, 1.82) is 0 Å². The topological polar surface area (TPSA) is 102 Å². The number of urea groups is 1. The second kappa shape index (κ2) is 6.15. The maximum Gasteiger partial charge on any atom is 0.325 e. The lowest BCUT2D eigenvalue weighted by molar-refractivity contribution is -0.131. The van der Waals surface area contributed by atoms with Gasteiger partial charge < -0.3 is 5.32 Å². The summed E-state index contributed by atoms with van der Waals surface area (Å²) in [5.74, 6) is 0.744. The predicted octanol–water partition coefficient (Wildman–Crippen LogP) is 1.44. The summed E-state index contributed by atoms with van der Waals surface area (Å²) in [5.41, 5.74) is -0.472. The lowest BCUT2D eigenvalue weighted by atomic mass is 9.91. The molecule has 3 aromatic rings. The van der Waals surface area contributed by atoms with Gasteiger partial charge in [-0.3, -0.25) is 23.5 Å². The number of hydrogen-bond donors (Lipinski definition) is 1. The quantitative estimate of drug-likeness (QED) is 0.688. The van der Waals surface area contributed by atoms with E-state index in [4.69, 9.17) is 0 Å². The molecule has 0 aliphatic carbocycles. The average Bonchev–Trinajstić information content (AvgIpc) is 3.14. The monoisotopic (exact) mass is 382 g/mol. The van der Waals surface area contributed by atoms with E-state index in [1.54, 1.807) is 36.6 Å². The largest absolute Gasteiger partial charge is 0.325 e. The van der Waals surface area contributed by atoms with Gasteiger partial charge in [-0.25, -0.2) is 4.79 Å². The van der Waals surface area contributed by atoms with Gasteiger partial charge in [-0.05, 0) is 31.4 Å². The van der Waals surface area contributed by atoms with Crippen LogP contribution in [0.2, 0.25) is 0 Å². The first-order chi connectivity index (χ1) is 13.2. The van der Waals surface area contributed by atoms with Gasteiger partial charge in [0.1, 0.15) is 5.54 Å². The zero-order valence-corrected chi connectivity index (χ0v) is 16.3. The molecule has 9 heteroatoms. The molecule has 0 unspecified atom stereocenters. The summed E-state index contributed by atoms with van der Waals surface area (Å²) in [4.78, 5) is 39.2. The molecule has 4 rings (SSSR count). The SMILES string of the molecule is CC(C)C[C@@]1(C)NC(=O)N(Cc2nnc3n(C)c(=O)c4ccccc4n23)C1=O. The second-order valence-corrected chi connectivity index (χ2v) is 7.88. The number of nitrogens with zero attached hydrogens (tertiary/aromatic N) is 5. The van der Waals surface area contributed by atoms with Gasteiger partial charge in [0.25, 0.3) is 11.5 Å². The molecule has 1 fully saturated rings. The Hall–Kier alpha value is -3.23. The fourth-order valence-corrected chi connectivity index (χ4v) is 3.98. The number of rotatable bonds is 4. The molecule has 0 radical (unpaired) electrons. The zero-order valence-electron chi connectivity index (χ0n) is 16.3. The van der Waals surface area contributed by atoms with Crippen LogP contribution in [-0.2, 0) is 18.4 Å². The normalized spacial score (nSPS) is 20.0. The van der Waals surface area contributed by atoms with Gasteiger partial charge >= 0.3 is 6.03 Å². The maximum absolute atomic E-state index is 13.0. The van der Waals surface area contributed by atoms with Gasteiger partial charge in [0, 0.05) is 7.05 Å². The highest BCUT2D eigenvalue weighted by atomic mass is 16.2. The minimum atomic E-state index is -0.930. The van der Waals surface area contributed by atoms with Crippen LogP contribution in [-0.4, -0.2) is 41.5 Å². The fraction of sp³-hybridized carbons (Fsp3) is 0.421. The first-order valence-electron chi connectivity index (χ1n) is 9.19. The molecule has 1 N–H and O–H groups in total. The number of benzene rings is 1. The highest BCUT2D eigenvalue weighted by molar-refractivity contribution is 6.06. The van der Waals surface area contributed by atoms with E-state index in [1.165, 1.54) is 9.47 Å². The minimum absolute atomic E-state index is 0.0261. The number of nitrogens with one attached hydrogen (secondary N) is 1. The molecular weight excluding hydrogens is 360 g/mol. The van der Waals surface area contributed by atoms with E-state index < -0.39 is 11.6 Å². The van der Waals surface area contributed by atoms with E-state index in [0.29, 0.717) is 28.9 Å². The summed E-state index contributed by atoms with van der Waals surface area (Å²) in [6, 6.07) is 6.69. The van der Waals surface area contributed by atoms with Crippen molar-refractivity contribution in [2.45, 2.75) is 39.3 Å². The van der Waals surface area contributed by atoms with E-state index >= 15 is 0 Å². The summed E-state index contributed by atoms with van der Waals surface area (Å²) in [6.07, 6.45) is 0.548. The van der Waals surface area contributed by atoms with E-state index in [1.807, 2.05) is 19.9 Å². The molecule has 1 atom stereocenters. The number of carbonyl (C=O) groups is 2. The third-order valence-corrected chi connectivity index (χ3v) is 5.15. The summed E-state index contributed by atoms with van der Waals surface area (Å²) >= 11 is 0. The van der Waals surface area contributed by atoms with Crippen molar-refractivity contribution in [3.8, 4) is 0 Å². The summed E-state index contributed by atoms with van der Waals surface area (Å²) in [6.45, 7) is 5.73. The van der Waals surface area contributed by atoms with Crippen molar-refractivity contribution in [2.24, 2.45) is 13.0 Å². The lowest BCUT2D eigenvalue weighted by Crippen LogP contribution is -2.44. The van der Waals surface area contributed by atoms with Gasteiger partial charge in [0.15, 0.2) is 5.82 Å². The third kappa shape index (κ3) is 2.57. The minimum Gasteiger partial charge on any atom is -0.323 e. The van der Waals surface area contributed by atoms with Crippen molar-refractivity contribution in [3.05, 3.63) is 40.4 Å². The Labute approximate surface area is 161 Å². The lowest BCUT2D eigenvalue weighted by Gasteiger charge is -2.23. The van der Waals surface area contributed by atoms with Crippen LogP contribution in [0.15, 0.2) is 29.1 Å². The molecule has 0 bridgehead atoms. The van der Waals surface area contributed by atoms with Crippen molar-refractivity contribution >= 4 is 28.6 Å². The first kappa shape index (κ1) is 18.1. The highest BCUT2D eigenvalue weighted by Gasteiger charge is 2.48. The Morgan fingerprint density at radius 2 is 1.86 bits per heavy atom. The van der Waals surface area contributed by atoms with Crippen molar-refractivity contribution in [1.82, 2.24) is 29.4 Å². The van der Waals surface area contributed by atoms with Crippen LogP contribution in [0.25, 0.3) is 16.7 Å². The average molecular weight is 382 g/mol. The number of aryl methyl sites for hydroxylation is 1. The van der Waals surface area contributed by atoms with Crippen molar-refractivity contribution < 1.29 is 9.59 Å². The van der Waals surface area contributed by atoms with Crippen LogP contribution >= 0.6 is 0 Å². The van der Waals surface area contributed by atoms with Crippen LogP contribution < -0.4 is 10.9 Å². The standard InChI is InChI=1S/C19H22N6O3/c1-11(2)9-19(3)16(27)24(18(28)20-19)10-14-21-22-17-23(4)15(26)12-7-5-6-8-13(12)25(14)17/h5-8,11H,9-10H2,1-4H3,(H,20,28)/t19-/m1/s1. The molecule has 1 saturated heterocycles. The number of hydrogen-bond acceptors (Lipinski definition) is 5. The molecule has 1 aliphatic rings. The Bertz CT molecular complexity index is 1180. The number of fused-ring (bicyclic) bond motifs is 3. The van der Waals surface area contributed by atoms with E-state index in [0.717, 1.165) is 0 Å². The maximum atomic E-state index is 13.0. The van der Waals surface area contributed by atoms with E-state index in [2.05, 4.69) is 15.5 Å². The summed E-state index contributed by atoms with van der Waals surface area (Å²) in [5, 5.41) is 11.6. The predicted molar refractivity (Wildman–Crippen MR) is 103 cm³/mol. The molecule has 0 spiro atoms. The van der Waals surface area contributed by atoms with Crippen LogP contribution in [0.3, 0.4) is 0 Å². The molecule has 1 aliphatic heterocycles. The van der Waals surface area contributed by atoms with Crippen LogP contribution in [0, 0.1) is 5.92 Å². The van der Waals surface area contributed by atoms with E-state index in [-0.39, 0.29) is 23.9 Å². The van der Waals surface area contributed by atoms with Gasteiger partial charge in [0.05, 0.1) is 17.4 Å². The second-order valence-electron chi connectivity index (χ2n) is 7.88. The number of imide groups is 1. The van der Waals surface area contributed by atoms with Crippen LogP contribution in [0.4, 0.5) is 4.79 Å². The Balaban J connectivity index is 1.81. The van der Waals surface area contributed by atoms with Crippen molar-refractivity contribution in [3.63, 3.8) is 0 Å².